The topological polar surface area (TPSA) is 12.9 Å². The second-order valence-electron chi connectivity index (χ2n) is 2.53. The standard InChI is InChI=1S/C10H8NS/c1-8-2-4-9(5-3-8)10-11-6-7-12-10/h2-7H,1H2. The molecule has 0 spiro atoms. The van der Waals surface area contributed by atoms with E-state index in [4.69, 9.17) is 0 Å². The lowest BCUT2D eigenvalue weighted by molar-refractivity contribution is 1.41. The van der Waals surface area contributed by atoms with Crippen molar-refractivity contribution in [3.63, 3.8) is 0 Å². The van der Waals surface area contributed by atoms with Gasteiger partial charge in [-0.3, -0.25) is 0 Å². The Labute approximate surface area is 75.7 Å². The van der Waals surface area contributed by atoms with E-state index in [0.29, 0.717) is 0 Å². The third-order valence-corrected chi connectivity index (χ3v) is 2.46. The first-order valence-corrected chi connectivity index (χ1v) is 4.56. The smallest absolute Gasteiger partial charge is 0.123 e. The molecule has 1 aromatic carbocycles. The molecule has 0 fully saturated rings. The third kappa shape index (κ3) is 1.38. The average molecular weight is 174 g/mol. The fourth-order valence-corrected chi connectivity index (χ4v) is 1.66. The number of hydrogen-bond acceptors (Lipinski definition) is 2. The lowest BCUT2D eigenvalue weighted by atomic mass is 10.2. The fourth-order valence-electron chi connectivity index (χ4n) is 1.01. The summed E-state index contributed by atoms with van der Waals surface area (Å²) in [7, 11) is 0. The Morgan fingerprint density at radius 1 is 1.17 bits per heavy atom. The molecule has 0 aliphatic rings. The molecule has 0 amide bonds. The molecule has 0 unspecified atom stereocenters. The highest BCUT2D eigenvalue weighted by Gasteiger charge is 1.97. The van der Waals surface area contributed by atoms with Gasteiger partial charge in [-0.05, 0) is 12.5 Å². The van der Waals surface area contributed by atoms with E-state index in [1.54, 1.807) is 11.3 Å². The van der Waals surface area contributed by atoms with Gasteiger partial charge in [0.15, 0.2) is 0 Å². The molecule has 0 saturated carbocycles. The Morgan fingerprint density at radius 3 is 2.50 bits per heavy atom. The second-order valence-corrected chi connectivity index (χ2v) is 3.43. The van der Waals surface area contributed by atoms with Crippen LogP contribution in [0.1, 0.15) is 5.56 Å². The van der Waals surface area contributed by atoms with Crippen LogP contribution in [-0.4, -0.2) is 4.98 Å². The maximum atomic E-state index is 4.21. The summed E-state index contributed by atoms with van der Waals surface area (Å²) in [6, 6.07) is 8.08. The summed E-state index contributed by atoms with van der Waals surface area (Å²) in [4.78, 5) is 4.21. The molecule has 0 N–H and O–H groups in total. The number of nitrogens with zero attached hydrogens (tertiary/aromatic N) is 1. The van der Waals surface area contributed by atoms with Crippen LogP contribution >= 0.6 is 11.3 Å². The average Bonchev–Trinajstić information content (AvgIpc) is 2.58. The normalized spacial score (nSPS) is 10.1. The van der Waals surface area contributed by atoms with E-state index < -0.39 is 0 Å². The summed E-state index contributed by atoms with van der Waals surface area (Å²) < 4.78 is 0. The monoisotopic (exact) mass is 174 g/mol. The van der Waals surface area contributed by atoms with Gasteiger partial charge in [0, 0.05) is 17.1 Å². The molecule has 0 atom stereocenters. The van der Waals surface area contributed by atoms with Gasteiger partial charge in [-0.15, -0.1) is 11.3 Å². The molecule has 1 nitrogen and oxygen atoms in total. The summed E-state index contributed by atoms with van der Waals surface area (Å²) in [5, 5.41) is 3.04. The zero-order valence-corrected chi connectivity index (χ0v) is 7.34. The zero-order chi connectivity index (χ0) is 8.39. The number of hydrogen-bond donors (Lipinski definition) is 0. The van der Waals surface area contributed by atoms with Crippen molar-refractivity contribution in [3.05, 3.63) is 48.3 Å². The van der Waals surface area contributed by atoms with Crippen molar-refractivity contribution in [1.82, 2.24) is 4.98 Å². The van der Waals surface area contributed by atoms with E-state index in [1.165, 1.54) is 0 Å². The van der Waals surface area contributed by atoms with E-state index in [0.717, 1.165) is 16.1 Å². The summed E-state index contributed by atoms with van der Waals surface area (Å²) in [6.45, 7) is 3.83. The van der Waals surface area contributed by atoms with Gasteiger partial charge >= 0.3 is 0 Å². The molecule has 1 radical (unpaired) electrons. The highest BCUT2D eigenvalue weighted by Crippen LogP contribution is 2.21. The maximum absolute atomic E-state index is 4.21. The van der Waals surface area contributed by atoms with E-state index >= 15 is 0 Å². The van der Waals surface area contributed by atoms with Crippen LogP contribution in [0.4, 0.5) is 0 Å². The lowest BCUT2D eigenvalue weighted by Gasteiger charge is -1.95. The van der Waals surface area contributed by atoms with Crippen molar-refractivity contribution in [3.8, 4) is 10.6 Å². The lowest BCUT2D eigenvalue weighted by Crippen LogP contribution is -1.75. The summed E-state index contributed by atoms with van der Waals surface area (Å²) >= 11 is 1.65. The predicted octanol–water partition coefficient (Wildman–Crippen LogP) is 2.99. The number of aromatic nitrogens is 1. The van der Waals surface area contributed by atoms with Gasteiger partial charge in [-0.2, -0.15) is 0 Å². The van der Waals surface area contributed by atoms with Gasteiger partial charge in [0.25, 0.3) is 0 Å². The van der Waals surface area contributed by atoms with Crippen LogP contribution in [0, 0.1) is 6.92 Å². The Balaban J connectivity index is 2.43. The highest BCUT2D eigenvalue weighted by molar-refractivity contribution is 7.13. The minimum Gasteiger partial charge on any atom is -0.245 e. The Bertz CT molecular complexity index is 348. The molecule has 0 aliphatic heterocycles. The predicted molar refractivity (Wildman–Crippen MR) is 52.0 cm³/mol. The first-order valence-electron chi connectivity index (χ1n) is 3.68. The fraction of sp³-hybridized carbons (Fsp3) is 0. The molecule has 59 valence electrons. The summed E-state index contributed by atoms with van der Waals surface area (Å²) in [5.74, 6) is 0. The van der Waals surface area contributed by atoms with Crippen LogP contribution in [-0.2, 0) is 0 Å². The maximum Gasteiger partial charge on any atom is 0.123 e. The van der Waals surface area contributed by atoms with Crippen LogP contribution < -0.4 is 0 Å². The van der Waals surface area contributed by atoms with Crippen LogP contribution in [0.3, 0.4) is 0 Å². The van der Waals surface area contributed by atoms with Gasteiger partial charge in [0.1, 0.15) is 5.01 Å². The van der Waals surface area contributed by atoms with Crippen LogP contribution in [0.15, 0.2) is 35.8 Å². The molecule has 2 aromatic rings. The molecule has 1 heterocycles. The van der Waals surface area contributed by atoms with Crippen molar-refractivity contribution in [2.45, 2.75) is 0 Å². The molecular formula is C10H8NS. The molecule has 12 heavy (non-hydrogen) atoms. The molecule has 0 saturated heterocycles. The molecular weight excluding hydrogens is 166 g/mol. The van der Waals surface area contributed by atoms with E-state index in [2.05, 4.69) is 11.9 Å². The minimum absolute atomic E-state index is 1.04. The molecule has 2 rings (SSSR count). The van der Waals surface area contributed by atoms with Gasteiger partial charge in [-0.25, -0.2) is 4.98 Å². The van der Waals surface area contributed by atoms with E-state index in [9.17, 15) is 0 Å². The first kappa shape index (κ1) is 7.50. The van der Waals surface area contributed by atoms with Crippen molar-refractivity contribution in [2.75, 3.05) is 0 Å². The van der Waals surface area contributed by atoms with E-state index in [-0.39, 0.29) is 0 Å². The number of thiazole rings is 1. The molecule has 1 aromatic heterocycles. The zero-order valence-electron chi connectivity index (χ0n) is 6.53. The van der Waals surface area contributed by atoms with Crippen LogP contribution in [0.2, 0.25) is 0 Å². The summed E-state index contributed by atoms with van der Waals surface area (Å²) in [6.07, 6.45) is 1.82. The number of rotatable bonds is 1. The van der Waals surface area contributed by atoms with E-state index in [1.807, 2.05) is 35.8 Å². The van der Waals surface area contributed by atoms with Crippen molar-refractivity contribution < 1.29 is 0 Å². The molecule has 2 heteroatoms. The largest absolute Gasteiger partial charge is 0.245 e. The Hall–Kier alpha value is -1.15. The van der Waals surface area contributed by atoms with Gasteiger partial charge in [0.05, 0.1) is 0 Å². The van der Waals surface area contributed by atoms with Crippen molar-refractivity contribution in [2.24, 2.45) is 0 Å². The highest BCUT2D eigenvalue weighted by atomic mass is 32.1. The van der Waals surface area contributed by atoms with Crippen LogP contribution in [0.25, 0.3) is 10.6 Å². The van der Waals surface area contributed by atoms with Crippen molar-refractivity contribution >= 4 is 11.3 Å². The van der Waals surface area contributed by atoms with Crippen LogP contribution in [0.5, 0.6) is 0 Å². The third-order valence-electron chi connectivity index (χ3n) is 1.63. The summed E-state index contributed by atoms with van der Waals surface area (Å²) in [5.41, 5.74) is 2.20. The number of benzene rings is 1. The van der Waals surface area contributed by atoms with Gasteiger partial charge < -0.3 is 0 Å². The van der Waals surface area contributed by atoms with Crippen molar-refractivity contribution in [1.29, 1.82) is 0 Å². The SMILES string of the molecule is [CH2]c1ccc(-c2nccs2)cc1. The first-order chi connectivity index (χ1) is 5.86. The molecule has 0 aliphatic carbocycles. The quantitative estimate of drug-likeness (QED) is 0.647. The van der Waals surface area contributed by atoms with Gasteiger partial charge in [0.2, 0.25) is 0 Å². The Morgan fingerprint density at radius 2 is 1.92 bits per heavy atom. The Kier molecular flexibility index (Phi) is 1.92. The second kappa shape index (κ2) is 3.07. The van der Waals surface area contributed by atoms with Gasteiger partial charge in [-0.1, -0.05) is 24.3 Å². The minimum atomic E-state index is 1.04. The molecule has 0 bridgehead atoms.